The molecule has 0 amide bonds. The van der Waals surface area contributed by atoms with E-state index >= 15 is 0 Å². The number of hydrogen-bond acceptors (Lipinski definition) is 3. The van der Waals surface area contributed by atoms with E-state index in [2.05, 4.69) is 41.5 Å². The Kier molecular flexibility index (Phi) is 5.70. The van der Waals surface area contributed by atoms with Gasteiger partial charge < -0.3 is 5.32 Å². The monoisotopic (exact) mass is 292 g/mol. The zero-order valence-electron chi connectivity index (χ0n) is 10.9. The first-order valence-electron chi connectivity index (χ1n) is 6.37. The van der Waals surface area contributed by atoms with Crippen molar-refractivity contribution >= 4 is 23.4 Å². The fraction of sp³-hybridized carbons (Fsp3) is 0.267. The number of pyridine rings is 1. The Balaban J connectivity index is 2.08. The van der Waals surface area contributed by atoms with Gasteiger partial charge in [-0.2, -0.15) is 0 Å². The summed E-state index contributed by atoms with van der Waals surface area (Å²) in [5.74, 6) is 0. The Bertz CT molecular complexity index is 514. The molecule has 100 valence electrons. The second kappa shape index (κ2) is 7.53. The van der Waals surface area contributed by atoms with Crippen molar-refractivity contribution in [3.8, 4) is 0 Å². The lowest BCUT2D eigenvalue weighted by Gasteiger charge is -2.09. The molecule has 4 heteroatoms. The first-order valence-corrected chi connectivity index (χ1v) is 7.57. The molecule has 0 atom stereocenters. The van der Waals surface area contributed by atoms with Crippen molar-refractivity contribution in [2.24, 2.45) is 0 Å². The maximum atomic E-state index is 5.85. The number of rotatable bonds is 6. The van der Waals surface area contributed by atoms with Crippen LogP contribution in [0.5, 0.6) is 0 Å². The van der Waals surface area contributed by atoms with Crippen molar-refractivity contribution in [1.29, 1.82) is 0 Å². The molecule has 1 N–H and O–H groups in total. The molecule has 1 aromatic heterocycles. The van der Waals surface area contributed by atoms with Crippen molar-refractivity contribution in [2.45, 2.75) is 29.8 Å². The molecule has 0 bridgehead atoms. The Morgan fingerprint density at radius 3 is 2.79 bits per heavy atom. The van der Waals surface area contributed by atoms with Crippen LogP contribution in [0, 0.1) is 0 Å². The summed E-state index contributed by atoms with van der Waals surface area (Å²) in [5.41, 5.74) is 1.30. The lowest BCUT2D eigenvalue weighted by molar-refractivity contribution is 0.669. The van der Waals surface area contributed by atoms with E-state index in [9.17, 15) is 0 Å². The molecule has 0 saturated carbocycles. The van der Waals surface area contributed by atoms with Crippen LogP contribution in [0.3, 0.4) is 0 Å². The van der Waals surface area contributed by atoms with Crippen LogP contribution in [0.1, 0.15) is 18.9 Å². The fourth-order valence-electron chi connectivity index (χ4n) is 1.68. The van der Waals surface area contributed by atoms with Crippen LogP contribution in [-0.2, 0) is 6.54 Å². The van der Waals surface area contributed by atoms with E-state index in [4.69, 9.17) is 11.6 Å². The van der Waals surface area contributed by atoms with Crippen molar-refractivity contribution < 1.29 is 0 Å². The maximum absolute atomic E-state index is 5.85. The van der Waals surface area contributed by atoms with E-state index < -0.39 is 0 Å². The number of nitrogens with zero attached hydrogens (tertiary/aromatic N) is 1. The van der Waals surface area contributed by atoms with E-state index in [0.29, 0.717) is 5.02 Å². The van der Waals surface area contributed by atoms with Crippen LogP contribution < -0.4 is 5.32 Å². The van der Waals surface area contributed by atoms with Crippen LogP contribution in [0.25, 0.3) is 0 Å². The Labute approximate surface area is 123 Å². The number of hydrogen-bond donors (Lipinski definition) is 1. The summed E-state index contributed by atoms with van der Waals surface area (Å²) in [4.78, 5) is 5.56. The standard InChI is InChI=1S/C15H17ClN2S/c1-2-9-17-10-12-5-3-4-6-14(12)19-15-8-7-13(16)11-18-15/h3-8,11,17H,2,9-10H2,1H3. The quantitative estimate of drug-likeness (QED) is 0.800. The predicted molar refractivity (Wildman–Crippen MR) is 81.8 cm³/mol. The minimum Gasteiger partial charge on any atom is -0.313 e. The topological polar surface area (TPSA) is 24.9 Å². The summed E-state index contributed by atoms with van der Waals surface area (Å²) in [6, 6.07) is 12.2. The summed E-state index contributed by atoms with van der Waals surface area (Å²) < 4.78 is 0. The number of halogens is 1. The molecule has 2 rings (SSSR count). The van der Waals surface area contributed by atoms with Gasteiger partial charge in [0, 0.05) is 17.6 Å². The molecule has 0 radical (unpaired) electrons. The second-order valence-corrected chi connectivity index (χ2v) is 5.70. The molecule has 0 unspecified atom stereocenters. The van der Waals surface area contributed by atoms with Gasteiger partial charge >= 0.3 is 0 Å². The lowest BCUT2D eigenvalue weighted by atomic mass is 10.2. The minimum atomic E-state index is 0.669. The van der Waals surface area contributed by atoms with E-state index in [0.717, 1.165) is 24.5 Å². The third-order valence-electron chi connectivity index (χ3n) is 2.63. The summed E-state index contributed by atoms with van der Waals surface area (Å²) in [6.45, 7) is 4.11. The van der Waals surface area contributed by atoms with Crippen molar-refractivity contribution in [3.05, 3.63) is 53.2 Å². The number of benzene rings is 1. The van der Waals surface area contributed by atoms with E-state index in [1.54, 1.807) is 18.0 Å². The van der Waals surface area contributed by atoms with Crippen LogP contribution in [0.2, 0.25) is 5.02 Å². The average Bonchev–Trinajstić information content (AvgIpc) is 2.43. The van der Waals surface area contributed by atoms with Crippen LogP contribution >= 0.6 is 23.4 Å². The average molecular weight is 293 g/mol. The molecule has 0 aliphatic carbocycles. The molecule has 1 heterocycles. The molecule has 0 aliphatic rings. The van der Waals surface area contributed by atoms with Gasteiger partial charge in [-0.25, -0.2) is 4.98 Å². The van der Waals surface area contributed by atoms with E-state index in [1.807, 2.05) is 12.1 Å². The molecule has 0 aliphatic heterocycles. The number of nitrogens with one attached hydrogen (secondary N) is 1. The SMILES string of the molecule is CCCNCc1ccccc1Sc1ccc(Cl)cn1. The van der Waals surface area contributed by atoms with E-state index in [-0.39, 0.29) is 0 Å². The Morgan fingerprint density at radius 1 is 1.21 bits per heavy atom. The highest BCUT2D eigenvalue weighted by atomic mass is 35.5. The van der Waals surface area contributed by atoms with Crippen molar-refractivity contribution in [2.75, 3.05) is 6.54 Å². The van der Waals surface area contributed by atoms with Crippen LogP contribution in [0.15, 0.2) is 52.5 Å². The zero-order valence-corrected chi connectivity index (χ0v) is 12.5. The molecule has 2 aromatic rings. The number of aromatic nitrogens is 1. The molecule has 19 heavy (non-hydrogen) atoms. The summed E-state index contributed by atoms with van der Waals surface area (Å²) in [7, 11) is 0. The lowest BCUT2D eigenvalue weighted by Crippen LogP contribution is -2.14. The first-order chi connectivity index (χ1) is 9.29. The highest BCUT2D eigenvalue weighted by Crippen LogP contribution is 2.29. The van der Waals surface area contributed by atoms with Crippen LogP contribution in [-0.4, -0.2) is 11.5 Å². The van der Waals surface area contributed by atoms with Gasteiger partial charge in [0.2, 0.25) is 0 Å². The predicted octanol–water partition coefficient (Wildman–Crippen LogP) is 4.39. The molecule has 0 fully saturated rings. The van der Waals surface area contributed by atoms with Gasteiger partial charge in [0.1, 0.15) is 5.03 Å². The molecule has 2 nitrogen and oxygen atoms in total. The largest absolute Gasteiger partial charge is 0.313 e. The second-order valence-electron chi connectivity index (χ2n) is 4.20. The third-order valence-corrected chi connectivity index (χ3v) is 3.92. The van der Waals surface area contributed by atoms with Gasteiger partial charge in [-0.3, -0.25) is 0 Å². The van der Waals surface area contributed by atoms with Gasteiger partial charge in [-0.15, -0.1) is 0 Å². The van der Waals surface area contributed by atoms with Gasteiger partial charge in [-0.1, -0.05) is 48.5 Å². The van der Waals surface area contributed by atoms with Gasteiger partial charge in [0.25, 0.3) is 0 Å². The highest BCUT2D eigenvalue weighted by molar-refractivity contribution is 7.99. The summed E-state index contributed by atoms with van der Waals surface area (Å²) >= 11 is 7.52. The smallest absolute Gasteiger partial charge is 0.101 e. The van der Waals surface area contributed by atoms with Gasteiger partial charge in [0.05, 0.1) is 5.02 Å². The van der Waals surface area contributed by atoms with Crippen molar-refractivity contribution in [3.63, 3.8) is 0 Å². The zero-order chi connectivity index (χ0) is 13.5. The first kappa shape index (κ1) is 14.4. The molecular weight excluding hydrogens is 276 g/mol. The van der Waals surface area contributed by atoms with Crippen molar-refractivity contribution in [1.82, 2.24) is 10.3 Å². The highest BCUT2D eigenvalue weighted by Gasteiger charge is 2.04. The maximum Gasteiger partial charge on any atom is 0.101 e. The molecule has 1 aromatic carbocycles. The third kappa shape index (κ3) is 4.53. The van der Waals surface area contributed by atoms with Gasteiger partial charge in [0.15, 0.2) is 0 Å². The molecule has 0 saturated heterocycles. The van der Waals surface area contributed by atoms with E-state index in [1.165, 1.54) is 10.5 Å². The molecular formula is C15H17ClN2S. The fourth-order valence-corrected chi connectivity index (χ4v) is 2.68. The summed E-state index contributed by atoms with van der Waals surface area (Å²) in [5, 5.41) is 5.07. The normalized spacial score (nSPS) is 10.6. The Hall–Kier alpha value is -1.03. The summed E-state index contributed by atoms with van der Waals surface area (Å²) in [6.07, 6.45) is 2.83. The minimum absolute atomic E-state index is 0.669. The van der Waals surface area contributed by atoms with Gasteiger partial charge in [-0.05, 0) is 36.7 Å². The van der Waals surface area contributed by atoms with Crippen LogP contribution in [0.4, 0.5) is 0 Å². The Morgan fingerprint density at radius 2 is 2.05 bits per heavy atom. The molecule has 0 spiro atoms.